The zero-order valence-corrected chi connectivity index (χ0v) is 26.9. The van der Waals surface area contributed by atoms with Gasteiger partial charge in [-0.1, -0.05) is 130 Å². The predicted octanol–water partition coefficient (Wildman–Crippen LogP) is 9.58. The van der Waals surface area contributed by atoms with Crippen molar-refractivity contribution in [1.82, 2.24) is 0 Å². The highest BCUT2D eigenvalue weighted by atomic mass is 32.1. The second-order valence-corrected chi connectivity index (χ2v) is 12.3. The van der Waals surface area contributed by atoms with Gasteiger partial charge in [0.25, 0.3) is 0 Å². The van der Waals surface area contributed by atoms with Crippen molar-refractivity contribution in [2.75, 3.05) is 0 Å². The summed E-state index contributed by atoms with van der Waals surface area (Å²) in [7, 11) is -0.888. The van der Waals surface area contributed by atoms with Crippen LogP contribution in [0.25, 0.3) is 0 Å². The topological polar surface area (TPSA) is 82.1 Å². The van der Waals surface area contributed by atoms with Crippen LogP contribution >= 0.6 is 21.1 Å². The van der Waals surface area contributed by atoms with Crippen molar-refractivity contribution < 1.29 is 28.7 Å². The highest BCUT2D eigenvalue weighted by Crippen LogP contribution is 2.30. The number of carbonyl (C=O) groups excluding carboxylic acids is 1. The fourth-order valence-electron chi connectivity index (χ4n) is 4.64. The molecule has 0 saturated carbocycles. The molecule has 1 N–H and O–H groups in total. The molecule has 0 fully saturated rings. The Morgan fingerprint density at radius 3 is 1.66 bits per heavy atom. The van der Waals surface area contributed by atoms with Crippen molar-refractivity contribution in [1.29, 1.82) is 0 Å². The molecule has 0 bridgehead atoms. The second-order valence-electron chi connectivity index (χ2n) is 11.0. The van der Waals surface area contributed by atoms with E-state index in [2.05, 4.69) is 26.5 Å². The Labute approximate surface area is 241 Å². The summed E-state index contributed by atoms with van der Waals surface area (Å²) in [6, 6.07) is 0. The van der Waals surface area contributed by atoms with Crippen LogP contribution in [-0.2, 0) is 23.6 Å². The van der Waals surface area contributed by atoms with E-state index in [1.807, 2.05) is 6.92 Å². The Bertz CT molecular complexity index is 579. The van der Waals surface area contributed by atoms with E-state index in [4.69, 9.17) is 14.2 Å². The van der Waals surface area contributed by atoms with Crippen LogP contribution in [0.2, 0.25) is 0 Å². The van der Waals surface area contributed by atoms with E-state index in [1.165, 1.54) is 96.3 Å². The molecule has 0 aromatic carbocycles. The van der Waals surface area contributed by atoms with E-state index in [9.17, 15) is 14.5 Å². The average molecular weight is 579 g/mol. The molecule has 226 valence electrons. The van der Waals surface area contributed by atoms with Gasteiger partial charge in [-0.15, -0.1) is 12.6 Å². The SMILES string of the molecule is CCCCCCCCCCC(CCCCCCCCC)CC(S)OC(CC)OC(O)(P=O)C(=O)OC(C)C. The third-order valence-corrected chi connectivity index (χ3v) is 7.76. The van der Waals surface area contributed by atoms with E-state index >= 15 is 0 Å². The maximum atomic E-state index is 12.2. The summed E-state index contributed by atoms with van der Waals surface area (Å²) in [5.41, 5.74) is -3.00. The molecule has 0 aliphatic heterocycles. The number of thiol groups is 1. The minimum absolute atomic E-state index is 0.365. The second kappa shape index (κ2) is 24.6. The van der Waals surface area contributed by atoms with Crippen molar-refractivity contribution in [2.24, 2.45) is 5.92 Å². The van der Waals surface area contributed by atoms with E-state index in [1.54, 1.807) is 13.8 Å². The summed E-state index contributed by atoms with van der Waals surface area (Å²) in [6.07, 6.45) is 21.6. The van der Waals surface area contributed by atoms with E-state index < -0.39 is 37.8 Å². The van der Waals surface area contributed by atoms with Crippen molar-refractivity contribution in [3.05, 3.63) is 0 Å². The lowest BCUT2D eigenvalue weighted by atomic mass is 9.91. The molecule has 0 heterocycles. The van der Waals surface area contributed by atoms with Crippen molar-refractivity contribution >= 4 is 27.1 Å². The van der Waals surface area contributed by atoms with Gasteiger partial charge >= 0.3 is 11.5 Å². The lowest BCUT2D eigenvalue weighted by molar-refractivity contribution is -0.260. The molecule has 38 heavy (non-hydrogen) atoms. The third-order valence-electron chi connectivity index (χ3n) is 6.89. The molecule has 0 saturated heterocycles. The Kier molecular flexibility index (Phi) is 24.5. The highest BCUT2D eigenvalue weighted by molar-refractivity contribution is 7.80. The van der Waals surface area contributed by atoms with Crippen molar-refractivity contribution in [2.45, 2.75) is 180 Å². The van der Waals surface area contributed by atoms with E-state index in [0.29, 0.717) is 12.3 Å². The largest absolute Gasteiger partial charge is 0.458 e. The number of carbonyl (C=O) groups is 1. The Morgan fingerprint density at radius 1 is 0.816 bits per heavy atom. The Hall–Kier alpha value is -0.200. The number of aliphatic hydroxyl groups is 1. The number of esters is 1. The Morgan fingerprint density at radius 2 is 1.26 bits per heavy atom. The predicted molar refractivity (Wildman–Crippen MR) is 161 cm³/mol. The molecule has 6 nitrogen and oxygen atoms in total. The standard InChI is InChI=1S/C30H59O6PS/c1-6-9-11-13-15-17-19-21-23-26(22-20-18-16-14-12-10-7-2)24-28(38)35-27(8-3)36-30(32,37-33)29(31)34-25(4)5/h25-28,32,38H,6-24H2,1-5H3. The molecule has 0 aromatic heterocycles. The summed E-state index contributed by atoms with van der Waals surface area (Å²) in [5.74, 6) is -0.582. The first-order valence-electron chi connectivity index (χ1n) is 15.5. The summed E-state index contributed by atoms with van der Waals surface area (Å²) < 4.78 is 28.0. The fourth-order valence-corrected chi connectivity index (χ4v) is 5.36. The van der Waals surface area contributed by atoms with Crippen molar-refractivity contribution in [3.63, 3.8) is 0 Å². The molecule has 4 atom stereocenters. The van der Waals surface area contributed by atoms with Gasteiger partial charge in [-0.2, -0.15) is 0 Å². The van der Waals surface area contributed by atoms with E-state index in [0.717, 1.165) is 19.3 Å². The molecular weight excluding hydrogens is 519 g/mol. The molecular formula is C30H59O6PS. The molecule has 4 unspecified atom stereocenters. The highest BCUT2D eigenvalue weighted by Gasteiger charge is 2.44. The van der Waals surface area contributed by atoms with Gasteiger partial charge < -0.3 is 19.3 Å². The summed E-state index contributed by atoms with van der Waals surface area (Å²) in [6.45, 7) is 9.61. The van der Waals surface area contributed by atoms with Gasteiger partial charge in [0.15, 0.2) is 6.29 Å². The number of hydrogen-bond acceptors (Lipinski definition) is 7. The van der Waals surface area contributed by atoms with Gasteiger partial charge in [-0.25, -0.2) is 4.79 Å². The molecule has 0 aliphatic carbocycles. The monoisotopic (exact) mass is 578 g/mol. The van der Waals surface area contributed by atoms with Gasteiger partial charge in [0.1, 0.15) is 5.44 Å². The van der Waals surface area contributed by atoms with Crippen LogP contribution in [0.3, 0.4) is 0 Å². The smallest absolute Gasteiger partial charge is 0.380 e. The molecule has 0 rings (SSSR count). The Balaban J connectivity index is 4.79. The molecule has 0 radical (unpaired) electrons. The van der Waals surface area contributed by atoms with Crippen LogP contribution in [-0.4, -0.2) is 34.4 Å². The van der Waals surface area contributed by atoms with E-state index in [-0.39, 0.29) is 0 Å². The lowest BCUT2D eigenvalue weighted by Crippen LogP contribution is -2.42. The molecule has 0 amide bonds. The summed E-state index contributed by atoms with van der Waals surface area (Å²) >= 11 is 4.68. The van der Waals surface area contributed by atoms with Gasteiger partial charge in [0.05, 0.1) is 6.10 Å². The minimum atomic E-state index is -2.59. The third kappa shape index (κ3) is 19.8. The molecule has 8 heteroatoms. The van der Waals surface area contributed by atoms with Crippen LogP contribution in [0.4, 0.5) is 0 Å². The first-order valence-corrected chi connectivity index (χ1v) is 16.8. The maximum absolute atomic E-state index is 12.2. The number of hydrogen-bond donors (Lipinski definition) is 2. The number of unbranched alkanes of at least 4 members (excludes halogenated alkanes) is 13. The van der Waals surface area contributed by atoms with Crippen LogP contribution in [0.15, 0.2) is 0 Å². The normalized spacial score (nSPS) is 15.9. The summed E-state index contributed by atoms with van der Waals surface area (Å²) in [4.78, 5) is 12.2. The average Bonchev–Trinajstić information content (AvgIpc) is 2.88. The van der Waals surface area contributed by atoms with Gasteiger partial charge in [-0.05, 0) is 32.6 Å². The molecule has 0 aliphatic rings. The zero-order chi connectivity index (χ0) is 28.7. The van der Waals surface area contributed by atoms with Crippen LogP contribution in [0.1, 0.15) is 157 Å². The summed E-state index contributed by atoms with van der Waals surface area (Å²) in [5, 5.41) is 10.5. The van der Waals surface area contributed by atoms with Crippen LogP contribution in [0, 0.1) is 5.92 Å². The number of ether oxygens (including phenoxy) is 3. The number of rotatable bonds is 27. The van der Waals surface area contributed by atoms with Gasteiger partial charge in [0, 0.05) is 0 Å². The zero-order valence-electron chi connectivity index (χ0n) is 25.1. The van der Waals surface area contributed by atoms with Crippen LogP contribution in [0.5, 0.6) is 0 Å². The molecule has 0 aromatic rings. The quantitative estimate of drug-likeness (QED) is 0.0332. The molecule has 0 spiro atoms. The maximum Gasteiger partial charge on any atom is 0.380 e. The van der Waals surface area contributed by atoms with Gasteiger partial charge in [-0.3, -0.25) is 4.57 Å². The fraction of sp³-hybridized carbons (Fsp3) is 0.967. The first-order chi connectivity index (χ1) is 18.2. The lowest BCUT2D eigenvalue weighted by Gasteiger charge is -2.29. The van der Waals surface area contributed by atoms with Gasteiger partial charge in [0.2, 0.25) is 8.46 Å². The minimum Gasteiger partial charge on any atom is -0.458 e. The van der Waals surface area contributed by atoms with Crippen LogP contribution < -0.4 is 0 Å². The first kappa shape index (κ1) is 37.8. The van der Waals surface area contributed by atoms with Crippen molar-refractivity contribution in [3.8, 4) is 0 Å².